The van der Waals surface area contributed by atoms with E-state index in [0.29, 0.717) is 0 Å². The van der Waals surface area contributed by atoms with Crippen LogP contribution in [0.1, 0.15) is 44.9 Å². The number of hydrogen-bond donors (Lipinski definition) is 1. The van der Waals surface area contributed by atoms with Crippen LogP contribution in [0.2, 0.25) is 0 Å². The summed E-state index contributed by atoms with van der Waals surface area (Å²) in [5, 5.41) is 3.60. The van der Waals surface area contributed by atoms with Gasteiger partial charge in [-0.3, -0.25) is 0 Å². The van der Waals surface area contributed by atoms with E-state index < -0.39 is 0 Å². The van der Waals surface area contributed by atoms with Crippen LogP contribution in [0.25, 0.3) is 0 Å². The summed E-state index contributed by atoms with van der Waals surface area (Å²) in [4.78, 5) is 0. The van der Waals surface area contributed by atoms with E-state index in [1.54, 1.807) is 0 Å². The molecule has 1 N–H and O–H groups in total. The minimum absolute atomic E-state index is 0.00611. The topological polar surface area (TPSA) is 30.5 Å². The molecule has 0 aromatic heterocycles. The molecule has 1 unspecified atom stereocenters. The Balaban J connectivity index is 1.72. The fourth-order valence-electron chi connectivity index (χ4n) is 3.57. The van der Waals surface area contributed by atoms with E-state index in [9.17, 15) is 0 Å². The van der Waals surface area contributed by atoms with E-state index in [-0.39, 0.29) is 11.2 Å². The molecule has 2 saturated heterocycles. The molecule has 3 heteroatoms. The summed E-state index contributed by atoms with van der Waals surface area (Å²) in [6.45, 7) is 3.74. The summed E-state index contributed by atoms with van der Waals surface area (Å²) < 4.78 is 12.2. The van der Waals surface area contributed by atoms with E-state index in [2.05, 4.69) is 5.32 Å². The molecule has 1 aliphatic carbocycles. The molecule has 2 heterocycles. The van der Waals surface area contributed by atoms with Crippen LogP contribution in [-0.4, -0.2) is 37.5 Å². The van der Waals surface area contributed by atoms with Crippen LogP contribution in [0.15, 0.2) is 0 Å². The zero-order valence-corrected chi connectivity index (χ0v) is 10.1. The monoisotopic (exact) mass is 225 g/mol. The summed E-state index contributed by atoms with van der Waals surface area (Å²) in [7, 11) is 0. The van der Waals surface area contributed by atoms with Gasteiger partial charge in [0.05, 0.1) is 12.2 Å². The van der Waals surface area contributed by atoms with Crippen molar-refractivity contribution < 1.29 is 9.47 Å². The highest BCUT2D eigenvalue weighted by molar-refractivity contribution is 4.99. The van der Waals surface area contributed by atoms with Gasteiger partial charge in [-0.05, 0) is 25.7 Å². The minimum Gasteiger partial charge on any atom is -0.378 e. The van der Waals surface area contributed by atoms with Crippen LogP contribution >= 0.6 is 0 Å². The second-order valence-electron chi connectivity index (χ2n) is 5.79. The highest BCUT2D eigenvalue weighted by Crippen LogP contribution is 2.39. The molecule has 0 aromatic rings. The maximum atomic E-state index is 6.56. The Labute approximate surface area is 97.9 Å². The molecule has 0 radical (unpaired) electrons. The van der Waals surface area contributed by atoms with E-state index in [1.807, 2.05) is 0 Å². The fraction of sp³-hybridized carbons (Fsp3) is 1.00. The van der Waals surface area contributed by atoms with Crippen LogP contribution < -0.4 is 5.32 Å². The largest absolute Gasteiger partial charge is 0.378 e. The Morgan fingerprint density at radius 1 is 0.812 bits per heavy atom. The van der Waals surface area contributed by atoms with Crippen LogP contribution in [0, 0.1) is 0 Å². The Hall–Kier alpha value is -0.120. The second-order valence-corrected chi connectivity index (χ2v) is 5.79. The molecule has 3 fully saturated rings. The zero-order chi connectivity index (χ0) is 10.9. The third-order valence-electron chi connectivity index (χ3n) is 4.38. The number of rotatable bonds is 0. The lowest BCUT2D eigenvalue weighted by Gasteiger charge is -2.51. The molecule has 1 atom stereocenters. The van der Waals surface area contributed by atoms with Crippen molar-refractivity contribution in [3.8, 4) is 0 Å². The van der Waals surface area contributed by atoms with Crippen molar-refractivity contribution in [2.75, 3.05) is 26.3 Å². The van der Waals surface area contributed by atoms with Crippen molar-refractivity contribution in [2.45, 2.75) is 56.1 Å². The van der Waals surface area contributed by atoms with Crippen LogP contribution in [-0.2, 0) is 9.47 Å². The van der Waals surface area contributed by atoms with Crippen molar-refractivity contribution >= 4 is 0 Å². The van der Waals surface area contributed by atoms with Gasteiger partial charge < -0.3 is 14.8 Å². The predicted octanol–water partition coefficient (Wildman–Crippen LogP) is 1.86. The Bertz CT molecular complexity index is 207. The molecule has 3 rings (SSSR count). The molecule has 1 saturated carbocycles. The molecule has 16 heavy (non-hydrogen) atoms. The lowest BCUT2D eigenvalue weighted by molar-refractivity contribution is -0.226. The van der Waals surface area contributed by atoms with Crippen LogP contribution in [0.5, 0.6) is 0 Å². The maximum Gasteiger partial charge on any atom is 0.105 e. The van der Waals surface area contributed by atoms with Crippen molar-refractivity contribution in [3.63, 3.8) is 0 Å². The summed E-state index contributed by atoms with van der Waals surface area (Å²) in [5.41, 5.74) is 0.130. The van der Waals surface area contributed by atoms with E-state index in [4.69, 9.17) is 9.47 Å². The van der Waals surface area contributed by atoms with Crippen molar-refractivity contribution in [3.05, 3.63) is 0 Å². The summed E-state index contributed by atoms with van der Waals surface area (Å²) in [6, 6.07) is 0. The van der Waals surface area contributed by atoms with Crippen molar-refractivity contribution in [1.82, 2.24) is 5.32 Å². The molecule has 92 valence electrons. The normalized spacial score (nSPS) is 39.0. The quantitative estimate of drug-likeness (QED) is 0.682. The van der Waals surface area contributed by atoms with E-state index >= 15 is 0 Å². The summed E-state index contributed by atoms with van der Waals surface area (Å²) >= 11 is 0. The smallest absolute Gasteiger partial charge is 0.105 e. The average molecular weight is 225 g/mol. The molecular weight excluding hydrogens is 202 g/mol. The molecule has 0 aromatic carbocycles. The number of ether oxygens (including phenoxy) is 2. The first kappa shape index (κ1) is 11.0. The Morgan fingerprint density at radius 2 is 1.56 bits per heavy atom. The third kappa shape index (κ3) is 2.01. The summed E-state index contributed by atoms with van der Waals surface area (Å²) in [6.07, 6.45) is 8.84. The molecule has 3 aliphatic rings. The number of nitrogens with one attached hydrogen (secondary N) is 1. The van der Waals surface area contributed by atoms with Gasteiger partial charge in [-0.2, -0.15) is 0 Å². The summed E-state index contributed by atoms with van der Waals surface area (Å²) in [5.74, 6) is 0. The van der Waals surface area contributed by atoms with E-state index in [1.165, 1.54) is 38.5 Å². The first-order valence-electron chi connectivity index (χ1n) is 6.81. The molecule has 0 bridgehead atoms. The highest BCUT2D eigenvalue weighted by atomic mass is 16.6. The number of morpholine rings is 1. The Morgan fingerprint density at radius 3 is 2.31 bits per heavy atom. The van der Waals surface area contributed by atoms with E-state index in [0.717, 1.165) is 32.7 Å². The van der Waals surface area contributed by atoms with Gasteiger partial charge in [0, 0.05) is 19.7 Å². The molecular formula is C13H23NO2. The third-order valence-corrected chi connectivity index (χ3v) is 4.38. The zero-order valence-electron chi connectivity index (χ0n) is 10.1. The molecule has 0 amide bonds. The first-order valence-corrected chi connectivity index (χ1v) is 6.81. The minimum atomic E-state index is -0.00611. The SMILES string of the molecule is C1CCC2(CC1)CNCC1(CCCOC1)O2. The molecule has 2 aliphatic heterocycles. The van der Waals surface area contributed by atoms with Crippen LogP contribution in [0.3, 0.4) is 0 Å². The fourth-order valence-corrected chi connectivity index (χ4v) is 3.57. The van der Waals surface area contributed by atoms with Gasteiger partial charge >= 0.3 is 0 Å². The highest BCUT2D eigenvalue weighted by Gasteiger charge is 2.46. The van der Waals surface area contributed by atoms with Crippen molar-refractivity contribution in [2.24, 2.45) is 0 Å². The first-order chi connectivity index (χ1) is 7.83. The maximum absolute atomic E-state index is 6.56. The molecule has 3 nitrogen and oxygen atoms in total. The average Bonchev–Trinajstić information content (AvgIpc) is 2.31. The standard InChI is InChI=1S/C13H23NO2/c1-2-5-12(6-3-1)9-14-10-13(16-12)7-4-8-15-11-13/h14H,1-11H2. The predicted molar refractivity (Wildman–Crippen MR) is 62.6 cm³/mol. The van der Waals surface area contributed by atoms with Gasteiger partial charge in [0.2, 0.25) is 0 Å². The van der Waals surface area contributed by atoms with Crippen LogP contribution in [0.4, 0.5) is 0 Å². The van der Waals surface area contributed by atoms with Gasteiger partial charge in [0.15, 0.2) is 0 Å². The van der Waals surface area contributed by atoms with Gasteiger partial charge in [-0.15, -0.1) is 0 Å². The molecule has 2 spiro atoms. The van der Waals surface area contributed by atoms with Gasteiger partial charge in [0.1, 0.15) is 5.60 Å². The van der Waals surface area contributed by atoms with Gasteiger partial charge in [-0.25, -0.2) is 0 Å². The van der Waals surface area contributed by atoms with Gasteiger partial charge in [-0.1, -0.05) is 19.3 Å². The lowest BCUT2D eigenvalue weighted by atomic mass is 9.81. The Kier molecular flexibility index (Phi) is 2.94. The van der Waals surface area contributed by atoms with Crippen molar-refractivity contribution in [1.29, 1.82) is 0 Å². The number of hydrogen-bond acceptors (Lipinski definition) is 3. The lowest BCUT2D eigenvalue weighted by Crippen LogP contribution is -2.63. The second kappa shape index (κ2) is 4.28. The van der Waals surface area contributed by atoms with Gasteiger partial charge in [0.25, 0.3) is 0 Å².